The SMILES string of the molecule is CC(C)NC(=O)CSCc1cc(N)ccc1Cl. The van der Waals surface area contributed by atoms with Crippen LogP contribution in [0.25, 0.3) is 0 Å². The Morgan fingerprint density at radius 2 is 2.24 bits per heavy atom. The molecule has 1 rings (SSSR count). The van der Waals surface area contributed by atoms with Crippen molar-refractivity contribution in [2.24, 2.45) is 0 Å². The molecule has 17 heavy (non-hydrogen) atoms. The molecule has 0 atom stereocenters. The molecule has 0 fully saturated rings. The van der Waals surface area contributed by atoms with Gasteiger partial charge in [-0.2, -0.15) is 0 Å². The van der Waals surface area contributed by atoms with Crippen LogP contribution < -0.4 is 11.1 Å². The normalized spacial score (nSPS) is 10.6. The maximum absolute atomic E-state index is 11.4. The number of carbonyl (C=O) groups is 1. The quantitative estimate of drug-likeness (QED) is 0.811. The molecule has 0 saturated carbocycles. The van der Waals surface area contributed by atoms with Crippen LogP contribution in [0.5, 0.6) is 0 Å². The highest BCUT2D eigenvalue weighted by molar-refractivity contribution is 7.99. The van der Waals surface area contributed by atoms with Gasteiger partial charge in [0.25, 0.3) is 0 Å². The van der Waals surface area contributed by atoms with E-state index in [2.05, 4.69) is 5.32 Å². The van der Waals surface area contributed by atoms with Gasteiger partial charge in [0.2, 0.25) is 5.91 Å². The molecule has 3 N–H and O–H groups in total. The fourth-order valence-electron chi connectivity index (χ4n) is 1.32. The van der Waals surface area contributed by atoms with Gasteiger partial charge in [0.15, 0.2) is 0 Å². The maximum atomic E-state index is 11.4. The standard InChI is InChI=1S/C12H17ClN2OS/c1-8(2)15-12(16)7-17-6-9-5-10(14)3-4-11(9)13/h3-5,8H,6-7,14H2,1-2H3,(H,15,16). The minimum absolute atomic E-state index is 0.0463. The lowest BCUT2D eigenvalue weighted by atomic mass is 10.2. The zero-order valence-electron chi connectivity index (χ0n) is 10.00. The molecule has 0 aliphatic carbocycles. The summed E-state index contributed by atoms with van der Waals surface area (Å²) in [6.45, 7) is 3.88. The smallest absolute Gasteiger partial charge is 0.230 e. The number of rotatable bonds is 5. The Morgan fingerprint density at radius 3 is 2.88 bits per heavy atom. The third kappa shape index (κ3) is 5.33. The van der Waals surface area contributed by atoms with Gasteiger partial charge in [-0.25, -0.2) is 0 Å². The average molecular weight is 273 g/mol. The van der Waals surface area contributed by atoms with E-state index in [0.717, 1.165) is 5.56 Å². The Morgan fingerprint density at radius 1 is 1.53 bits per heavy atom. The van der Waals surface area contributed by atoms with Gasteiger partial charge in [-0.05, 0) is 37.6 Å². The lowest BCUT2D eigenvalue weighted by Gasteiger charge is -2.08. The molecule has 0 radical (unpaired) electrons. The topological polar surface area (TPSA) is 55.1 Å². The van der Waals surface area contributed by atoms with E-state index in [1.54, 1.807) is 12.1 Å². The van der Waals surface area contributed by atoms with Gasteiger partial charge in [-0.1, -0.05) is 11.6 Å². The Balaban J connectivity index is 2.40. The number of benzene rings is 1. The van der Waals surface area contributed by atoms with Gasteiger partial charge in [-0.3, -0.25) is 4.79 Å². The van der Waals surface area contributed by atoms with Crippen LogP contribution in [0.4, 0.5) is 5.69 Å². The Bertz CT molecular complexity index is 396. The second kappa shape index (κ2) is 6.77. The second-order valence-corrected chi connectivity index (χ2v) is 5.46. The average Bonchev–Trinajstić information content (AvgIpc) is 2.22. The van der Waals surface area contributed by atoms with Crippen molar-refractivity contribution in [1.29, 1.82) is 0 Å². The van der Waals surface area contributed by atoms with Crippen molar-refractivity contribution >= 4 is 35.0 Å². The van der Waals surface area contributed by atoms with Gasteiger partial charge in [-0.15, -0.1) is 11.8 Å². The van der Waals surface area contributed by atoms with E-state index in [1.807, 2.05) is 19.9 Å². The first-order valence-electron chi connectivity index (χ1n) is 5.40. The summed E-state index contributed by atoms with van der Waals surface area (Å²) in [6, 6.07) is 5.57. The van der Waals surface area contributed by atoms with Crippen molar-refractivity contribution < 1.29 is 4.79 Å². The Labute approximate surface area is 111 Å². The number of nitrogen functional groups attached to an aromatic ring is 1. The van der Waals surface area contributed by atoms with E-state index >= 15 is 0 Å². The summed E-state index contributed by atoms with van der Waals surface area (Å²) in [5.41, 5.74) is 7.34. The Kier molecular flexibility index (Phi) is 5.65. The molecular formula is C12H17ClN2OS. The highest BCUT2D eigenvalue weighted by Crippen LogP contribution is 2.23. The van der Waals surface area contributed by atoms with Gasteiger partial charge < -0.3 is 11.1 Å². The summed E-state index contributed by atoms with van der Waals surface area (Å²) in [6.07, 6.45) is 0. The number of nitrogens with two attached hydrogens (primary N) is 1. The van der Waals surface area contributed by atoms with Crippen molar-refractivity contribution in [1.82, 2.24) is 5.32 Å². The van der Waals surface area contributed by atoms with Crippen LogP contribution in [0.15, 0.2) is 18.2 Å². The molecule has 0 spiro atoms. The molecule has 3 nitrogen and oxygen atoms in total. The van der Waals surface area contributed by atoms with Crippen molar-refractivity contribution in [3.63, 3.8) is 0 Å². The van der Waals surface area contributed by atoms with E-state index in [1.165, 1.54) is 11.8 Å². The summed E-state index contributed by atoms with van der Waals surface area (Å²) in [7, 11) is 0. The van der Waals surface area contributed by atoms with Gasteiger partial charge in [0.05, 0.1) is 5.75 Å². The summed E-state index contributed by atoms with van der Waals surface area (Å²) in [5.74, 6) is 1.17. The monoisotopic (exact) mass is 272 g/mol. The first-order valence-corrected chi connectivity index (χ1v) is 6.93. The van der Waals surface area contributed by atoms with Crippen LogP contribution in [0.1, 0.15) is 19.4 Å². The minimum Gasteiger partial charge on any atom is -0.399 e. The van der Waals surface area contributed by atoms with E-state index in [9.17, 15) is 4.79 Å². The summed E-state index contributed by atoms with van der Waals surface area (Å²) >= 11 is 7.55. The predicted octanol–water partition coefficient (Wildman–Crippen LogP) is 2.68. The highest BCUT2D eigenvalue weighted by atomic mass is 35.5. The molecule has 0 aliphatic heterocycles. The van der Waals surface area contributed by atoms with Gasteiger partial charge in [0.1, 0.15) is 0 Å². The van der Waals surface area contributed by atoms with Gasteiger partial charge in [0, 0.05) is 22.5 Å². The molecule has 0 aromatic heterocycles. The zero-order chi connectivity index (χ0) is 12.8. The molecule has 0 saturated heterocycles. The minimum atomic E-state index is 0.0463. The molecular weight excluding hydrogens is 256 g/mol. The molecule has 0 heterocycles. The molecule has 1 aromatic rings. The number of anilines is 1. The van der Waals surface area contributed by atoms with Crippen LogP contribution in [-0.4, -0.2) is 17.7 Å². The fourth-order valence-corrected chi connectivity index (χ4v) is 2.42. The molecule has 1 amide bonds. The van der Waals surface area contributed by atoms with Crippen LogP contribution in [-0.2, 0) is 10.5 Å². The van der Waals surface area contributed by atoms with Gasteiger partial charge >= 0.3 is 0 Å². The maximum Gasteiger partial charge on any atom is 0.230 e. The van der Waals surface area contributed by atoms with Crippen LogP contribution in [0, 0.1) is 0 Å². The lowest BCUT2D eigenvalue weighted by molar-refractivity contribution is -0.119. The number of nitrogens with one attached hydrogen (secondary N) is 1. The Hall–Kier alpha value is -0.870. The number of halogens is 1. The molecule has 5 heteroatoms. The molecule has 0 unspecified atom stereocenters. The van der Waals surface area contributed by atoms with Crippen LogP contribution >= 0.6 is 23.4 Å². The van der Waals surface area contributed by atoms with Crippen molar-refractivity contribution in [2.75, 3.05) is 11.5 Å². The predicted molar refractivity (Wildman–Crippen MR) is 75.3 cm³/mol. The summed E-state index contributed by atoms with van der Waals surface area (Å²) < 4.78 is 0. The van der Waals surface area contributed by atoms with Crippen molar-refractivity contribution in [3.05, 3.63) is 28.8 Å². The number of thioether (sulfide) groups is 1. The van der Waals surface area contributed by atoms with Crippen LogP contribution in [0.3, 0.4) is 0 Å². The number of hydrogen-bond donors (Lipinski definition) is 2. The highest BCUT2D eigenvalue weighted by Gasteiger charge is 2.05. The van der Waals surface area contributed by atoms with E-state index < -0.39 is 0 Å². The van der Waals surface area contributed by atoms with E-state index in [-0.39, 0.29) is 11.9 Å². The van der Waals surface area contributed by atoms with E-state index in [0.29, 0.717) is 22.2 Å². The van der Waals surface area contributed by atoms with Crippen LogP contribution in [0.2, 0.25) is 5.02 Å². The first kappa shape index (κ1) is 14.2. The molecule has 94 valence electrons. The number of amides is 1. The summed E-state index contributed by atoms with van der Waals surface area (Å²) in [4.78, 5) is 11.4. The van der Waals surface area contributed by atoms with Crippen molar-refractivity contribution in [2.45, 2.75) is 25.6 Å². The second-order valence-electron chi connectivity index (χ2n) is 4.07. The largest absolute Gasteiger partial charge is 0.399 e. The lowest BCUT2D eigenvalue weighted by Crippen LogP contribution is -2.31. The third-order valence-electron chi connectivity index (χ3n) is 2.01. The van der Waals surface area contributed by atoms with Crippen molar-refractivity contribution in [3.8, 4) is 0 Å². The number of hydrogen-bond acceptors (Lipinski definition) is 3. The fraction of sp³-hybridized carbons (Fsp3) is 0.417. The number of carbonyl (C=O) groups excluding carboxylic acids is 1. The third-order valence-corrected chi connectivity index (χ3v) is 3.36. The molecule has 0 bridgehead atoms. The molecule has 0 aliphatic rings. The first-order chi connectivity index (χ1) is 7.99. The zero-order valence-corrected chi connectivity index (χ0v) is 11.6. The van der Waals surface area contributed by atoms with E-state index in [4.69, 9.17) is 17.3 Å². The molecule has 1 aromatic carbocycles. The summed E-state index contributed by atoms with van der Waals surface area (Å²) in [5, 5.41) is 3.53.